The minimum atomic E-state index is -0.344. The Morgan fingerprint density at radius 3 is 2.00 bits per heavy atom. The van der Waals surface area contributed by atoms with Crippen molar-refractivity contribution in [1.29, 1.82) is 0 Å². The monoisotopic (exact) mass is 270 g/mol. The highest BCUT2D eigenvalue weighted by Gasteiger charge is 1.96. The molecule has 0 aromatic carbocycles. The molecule has 0 aliphatic carbocycles. The maximum absolute atomic E-state index is 10.4. The summed E-state index contributed by atoms with van der Waals surface area (Å²) in [5, 5.41) is 0. The molecule has 0 bridgehead atoms. The van der Waals surface area contributed by atoms with Crippen LogP contribution in [-0.2, 0) is 19.1 Å². The van der Waals surface area contributed by atoms with Crippen molar-refractivity contribution >= 4 is 11.9 Å². The lowest BCUT2D eigenvalue weighted by Gasteiger charge is -2.02. The van der Waals surface area contributed by atoms with Gasteiger partial charge in [0.15, 0.2) is 0 Å². The zero-order chi connectivity index (χ0) is 15.1. The number of unbranched alkanes of at least 4 members (excludes halogenated alkanes) is 2. The largest absolute Gasteiger partial charge is 0.463 e. The quantitative estimate of drug-likeness (QED) is 0.386. The van der Waals surface area contributed by atoms with Crippen LogP contribution in [0.2, 0.25) is 0 Å². The van der Waals surface area contributed by atoms with Gasteiger partial charge in [-0.05, 0) is 12.3 Å². The lowest BCUT2D eigenvalue weighted by Crippen LogP contribution is -2.06. The average molecular weight is 270 g/mol. The van der Waals surface area contributed by atoms with Crippen molar-refractivity contribution in [3.8, 4) is 0 Å². The van der Waals surface area contributed by atoms with Crippen molar-refractivity contribution in [3.05, 3.63) is 25.3 Å². The molecule has 0 atom stereocenters. The van der Waals surface area contributed by atoms with Crippen molar-refractivity contribution < 1.29 is 19.1 Å². The van der Waals surface area contributed by atoms with Crippen molar-refractivity contribution in [2.45, 2.75) is 40.0 Å². The minimum Gasteiger partial charge on any atom is -0.463 e. The van der Waals surface area contributed by atoms with Crippen LogP contribution in [0.3, 0.4) is 0 Å². The third-order valence-electron chi connectivity index (χ3n) is 1.88. The molecule has 0 radical (unpaired) electrons. The van der Waals surface area contributed by atoms with Gasteiger partial charge in [-0.3, -0.25) is 0 Å². The van der Waals surface area contributed by atoms with Gasteiger partial charge >= 0.3 is 11.9 Å². The van der Waals surface area contributed by atoms with E-state index in [9.17, 15) is 9.59 Å². The minimum absolute atomic E-state index is 0.323. The van der Waals surface area contributed by atoms with Crippen molar-refractivity contribution in [3.63, 3.8) is 0 Å². The van der Waals surface area contributed by atoms with Gasteiger partial charge in [0.25, 0.3) is 0 Å². The van der Waals surface area contributed by atoms with E-state index < -0.39 is 0 Å². The smallest absolute Gasteiger partial charge is 0.330 e. The molecule has 110 valence electrons. The molecule has 4 heteroatoms. The Hall–Kier alpha value is -1.58. The Kier molecular flexibility index (Phi) is 15.1. The molecule has 0 unspecified atom stereocenters. The second-order valence-electron chi connectivity index (χ2n) is 4.31. The van der Waals surface area contributed by atoms with Crippen molar-refractivity contribution in [2.24, 2.45) is 5.92 Å². The van der Waals surface area contributed by atoms with Crippen LogP contribution in [-0.4, -0.2) is 25.2 Å². The van der Waals surface area contributed by atoms with E-state index in [4.69, 9.17) is 9.47 Å². The summed E-state index contributed by atoms with van der Waals surface area (Å²) in [4.78, 5) is 20.8. The third kappa shape index (κ3) is 19.0. The summed E-state index contributed by atoms with van der Waals surface area (Å²) in [6.45, 7) is 13.6. The first-order valence-electron chi connectivity index (χ1n) is 6.56. The molecule has 0 aliphatic rings. The van der Waals surface area contributed by atoms with E-state index in [0.717, 1.165) is 19.3 Å². The van der Waals surface area contributed by atoms with Crippen molar-refractivity contribution in [1.82, 2.24) is 0 Å². The van der Waals surface area contributed by atoms with E-state index >= 15 is 0 Å². The predicted octanol–water partition coefficient (Wildman–Crippen LogP) is 3.28. The Balaban J connectivity index is 0. The Morgan fingerprint density at radius 1 is 1.05 bits per heavy atom. The summed E-state index contributed by atoms with van der Waals surface area (Å²) < 4.78 is 9.43. The maximum Gasteiger partial charge on any atom is 0.330 e. The highest BCUT2D eigenvalue weighted by molar-refractivity contribution is 5.81. The van der Waals surface area contributed by atoms with E-state index in [2.05, 4.69) is 20.1 Å². The first-order chi connectivity index (χ1) is 8.97. The first kappa shape index (κ1) is 19.8. The van der Waals surface area contributed by atoms with Gasteiger partial charge in [0.05, 0.1) is 13.2 Å². The highest BCUT2D eigenvalue weighted by Crippen LogP contribution is 1.94. The van der Waals surface area contributed by atoms with E-state index in [0.29, 0.717) is 19.1 Å². The number of esters is 2. The second kappa shape index (κ2) is 14.5. The molecule has 0 saturated carbocycles. The van der Waals surface area contributed by atoms with Gasteiger partial charge in [0.2, 0.25) is 0 Å². The number of carbonyl (C=O) groups excluding carboxylic acids is 2. The molecule has 0 heterocycles. The van der Waals surface area contributed by atoms with Gasteiger partial charge < -0.3 is 9.47 Å². The number of ether oxygens (including phenoxy) is 2. The lowest BCUT2D eigenvalue weighted by molar-refractivity contribution is -0.139. The molecule has 0 N–H and O–H groups in total. The van der Waals surface area contributed by atoms with E-state index in [1.165, 1.54) is 12.2 Å². The van der Waals surface area contributed by atoms with Crippen LogP contribution in [0.4, 0.5) is 0 Å². The van der Waals surface area contributed by atoms with Crippen molar-refractivity contribution in [2.75, 3.05) is 13.2 Å². The number of hydrogen-bond acceptors (Lipinski definition) is 4. The van der Waals surface area contributed by atoms with Crippen LogP contribution in [0.25, 0.3) is 0 Å². The van der Waals surface area contributed by atoms with E-state index in [-0.39, 0.29) is 11.9 Å². The average Bonchev–Trinajstić information content (AvgIpc) is 2.41. The van der Waals surface area contributed by atoms with Gasteiger partial charge in [0.1, 0.15) is 0 Å². The Bertz CT molecular complexity index is 269. The Labute approximate surface area is 116 Å². The zero-order valence-corrected chi connectivity index (χ0v) is 12.3. The lowest BCUT2D eigenvalue weighted by atomic mass is 10.2. The summed E-state index contributed by atoms with van der Waals surface area (Å²) in [5.74, 6) is -0.270. The second-order valence-corrected chi connectivity index (χ2v) is 4.31. The fourth-order valence-corrected chi connectivity index (χ4v) is 0.891. The number of carbonyl (C=O) groups is 2. The van der Waals surface area contributed by atoms with Gasteiger partial charge in [-0.25, -0.2) is 9.59 Å². The van der Waals surface area contributed by atoms with Gasteiger partial charge in [-0.2, -0.15) is 0 Å². The summed E-state index contributed by atoms with van der Waals surface area (Å²) in [5.41, 5.74) is 0. The molecule has 0 aliphatic heterocycles. The molecule has 0 aromatic heterocycles. The van der Waals surface area contributed by atoms with Gasteiger partial charge in [-0.15, -0.1) is 0 Å². The normalized spacial score (nSPS) is 9.05. The summed E-state index contributed by atoms with van der Waals surface area (Å²) >= 11 is 0. The first-order valence-corrected chi connectivity index (χ1v) is 6.56. The van der Waals surface area contributed by atoms with Crippen LogP contribution in [0.1, 0.15) is 40.0 Å². The standard InChI is InChI=1S/C8H14O2.C7H12O2/c1-3-5-6-7-10-8(9)4-2;1-4-7(8)9-5-6(2)3/h4H,2-3,5-7H2,1H3;4,6H,1,5H2,2-3H3. The molecule has 0 aromatic rings. The zero-order valence-electron chi connectivity index (χ0n) is 12.3. The molecule has 0 fully saturated rings. The molecule has 0 spiro atoms. The summed E-state index contributed by atoms with van der Waals surface area (Å²) in [6.07, 6.45) is 5.57. The van der Waals surface area contributed by atoms with Gasteiger partial charge in [0, 0.05) is 12.2 Å². The van der Waals surface area contributed by atoms with Gasteiger partial charge in [-0.1, -0.05) is 46.8 Å². The topological polar surface area (TPSA) is 52.6 Å². The van der Waals surface area contributed by atoms with E-state index in [1.807, 2.05) is 13.8 Å². The predicted molar refractivity (Wildman–Crippen MR) is 76.7 cm³/mol. The van der Waals surface area contributed by atoms with Crippen LogP contribution in [0, 0.1) is 5.92 Å². The molecular weight excluding hydrogens is 244 g/mol. The number of rotatable bonds is 8. The molecule has 0 amide bonds. The highest BCUT2D eigenvalue weighted by atomic mass is 16.5. The molecular formula is C15H26O4. The molecule has 4 nitrogen and oxygen atoms in total. The molecule has 0 rings (SSSR count). The summed E-state index contributed by atoms with van der Waals surface area (Å²) in [6, 6.07) is 0. The SMILES string of the molecule is C=CC(=O)OCC(C)C.C=CC(=O)OCCCCC. The fraction of sp³-hybridized carbons (Fsp3) is 0.600. The third-order valence-corrected chi connectivity index (χ3v) is 1.88. The maximum atomic E-state index is 10.4. The van der Waals surface area contributed by atoms with Crippen LogP contribution in [0.5, 0.6) is 0 Å². The number of hydrogen-bond donors (Lipinski definition) is 0. The molecule has 0 saturated heterocycles. The van der Waals surface area contributed by atoms with Crippen LogP contribution in [0.15, 0.2) is 25.3 Å². The Morgan fingerprint density at radius 2 is 1.58 bits per heavy atom. The summed E-state index contributed by atoms with van der Waals surface area (Å²) in [7, 11) is 0. The molecule has 19 heavy (non-hydrogen) atoms. The fourth-order valence-electron chi connectivity index (χ4n) is 0.891. The van der Waals surface area contributed by atoms with Crippen LogP contribution >= 0.6 is 0 Å². The van der Waals surface area contributed by atoms with E-state index in [1.54, 1.807) is 0 Å². The van der Waals surface area contributed by atoms with Crippen LogP contribution < -0.4 is 0 Å².